The van der Waals surface area contributed by atoms with E-state index in [4.69, 9.17) is 4.52 Å². The van der Waals surface area contributed by atoms with Crippen molar-refractivity contribution in [2.75, 3.05) is 0 Å². The summed E-state index contributed by atoms with van der Waals surface area (Å²) >= 11 is 0. The SMILES string of the molecule is Cc1cc(-n2c(C)cc(C(=O)Cn3nc(C)c([N+](=O)[O-])c3C)c2C)no1. The van der Waals surface area contributed by atoms with E-state index in [1.54, 1.807) is 32.9 Å². The molecular weight excluding hydrogens is 338 g/mol. The fourth-order valence-electron chi connectivity index (χ4n) is 3.18. The van der Waals surface area contributed by atoms with Crippen LogP contribution in [0.4, 0.5) is 5.69 Å². The second-order valence-corrected chi connectivity index (χ2v) is 6.27. The maximum Gasteiger partial charge on any atom is 0.312 e. The topological polar surface area (TPSA) is 109 Å². The van der Waals surface area contributed by atoms with Crippen molar-refractivity contribution in [2.45, 2.75) is 41.2 Å². The van der Waals surface area contributed by atoms with Crippen LogP contribution in [0.15, 0.2) is 16.7 Å². The van der Waals surface area contributed by atoms with Gasteiger partial charge in [-0.2, -0.15) is 5.10 Å². The Labute approximate surface area is 149 Å². The van der Waals surface area contributed by atoms with E-state index in [-0.39, 0.29) is 18.0 Å². The van der Waals surface area contributed by atoms with Crippen molar-refractivity contribution in [3.63, 3.8) is 0 Å². The van der Waals surface area contributed by atoms with Crippen molar-refractivity contribution in [3.8, 4) is 5.82 Å². The summed E-state index contributed by atoms with van der Waals surface area (Å²) in [5, 5.41) is 19.3. The highest BCUT2D eigenvalue weighted by molar-refractivity contribution is 5.97. The van der Waals surface area contributed by atoms with Crippen LogP contribution in [0.3, 0.4) is 0 Å². The average Bonchev–Trinajstić information content (AvgIpc) is 3.17. The number of aromatic nitrogens is 4. The van der Waals surface area contributed by atoms with Gasteiger partial charge in [-0.15, -0.1) is 0 Å². The highest BCUT2D eigenvalue weighted by atomic mass is 16.6. The van der Waals surface area contributed by atoms with E-state index in [9.17, 15) is 14.9 Å². The Bertz CT molecular complexity index is 1020. The lowest BCUT2D eigenvalue weighted by molar-refractivity contribution is -0.386. The van der Waals surface area contributed by atoms with Crippen molar-refractivity contribution < 1.29 is 14.2 Å². The van der Waals surface area contributed by atoms with Gasteiger partial charge in [0.1, 0.15) is 23.7 Å². The van der Waals surface area contributed by atoms with Gasteiger partial charge in [0.05, 0.1) is 4.92 Å². The molecule has 9 heteroatoms. The van der Waals surface area contributed by atoms with Crippen LogP contribution in [-0.4, -0.2) is 30.2 Å². The predicted octanol–water partition coefficient (Wildman–Crippen LogP) is 3.00. The minimum Gasteiger partial charge on any atom is -0.360 e. The third-order valence-electron chi connectivity index (χ3n) is 4.40. The second kappa shape index (κ2) is 6.25. The molecule has 0 atom stereocenters. The van der Waals surface area contributed by atoms with Crippen molar-refractivity contribution in [1.29, 1.82) is 0 Å². The smallest absolute Gasteiger partial charge is 0.312 e. The molecule has 0 aliphatic carbocycles. The van der Waals surface area contributed by atoms with E-state index in [2.05, 4.69) is 10.3 Å². The van der Waals surface area contributed by atoms with Crippen LogP contribution < -0.4 is 0 Å². The second-order valence-electron chi connectivity index (χ2n) is 6.27. The monoisotopic (exact) mass is 357 g/mol. The van der Waals surface area contributed by atoms with Gasteiger partial charge in [0.15, 0.2) is 11.6 Å². The highest BCUT2D eigenvalue weighted by Crippen LogP contribution is 2.24. The van der Waals surface area contributed by atoms with Crippen LogP contribution in [0.5, 0.6) is 0 Å². The maximum atomic E-state index is 12.8. The number of ketones is 1. The summed E-state index contributed by atoms with van der Waals surface area (Å²) in [6.45, 7) is 8.59. The Morgan fingerprint density at radius 3 is 2.42 bits per heavy atom. The van der Waals surface area contributed by atoms with Crippen LogP contribution in [-0.2, 0) is 6.54 Å². The Balaban J connectivity index is 1.95. The van der Waals surface area contributed by atoms with E-state index in [1.165, 1.54) is 4.68 Å². The van der Waals surface area contributed by atoms with Gasteiger partial charge in [0.25, 0.3) is 0 Å². The van der Waals surface area contributed by atoms with E-state index >= 15 is 0 Å². The fourth-order valence-corrected chi connectivity index (χ4v) is 3.18. The van der Waals surface area contributed by atoms with Gasteiger partial charge in [0, 0.05) is 23.0 Å². The van der Waals surface area contributed by atoms with Crippen molar-refractivity contribution >= 4 is 11.5 Å². The molecule has 0 aliphatic heterocycles. The third kappa shape index (κ3) is 2.81. The molecule has 0 N–H and O–H groups in total. The highest BCUT2D eigenvalue weighted by Gasteiger charge is 2.24. The molecule has 3 aromatic heterocycles. The summed E-state index contributed by atoms with van der Waals surface area (Å²) in [4.78, 5) is 23.4. The molecule has 0 unspecified atom stereocenters. The van der Waals surface area contributed by atoms with Gasteiger partial charge in [-0.1, -0.05) is 5.16 Å². The molecule has 0 fully saturated rings. The molecule has 0 saturated heterocycles. The van der Waals surface area contributed by atoms with Gasteiger partial charge >= 0.3 is 5.69 Å². The first-order valence-corrected chi connectivity index (χ1v) is 8.05. The number of nitro groups is 1. The zero-order valence-corrected chi connectivity index (χ0v) is 15.2. The predicted molar refractivity (Wildman–Crippen MR) is 92.7 cm³/mol. The Morgan fingerprint density at radius 2 is 1.88 bits per heavy atom. The summed E-state index contributed by atoms with van der Waals surface area (Å²) in [6, 6.07) is 3.57. The molecule has 0 bridgehead atoms. The number of hydrogen-bond acceptors (Lipinski definition) is 6. The molecule has 0 radical (unpaired) electrons. The Kier molecular flexibility index (Phi) is 4.23. The third-order valence-corrected chi connectivity index (χ3v) is 4.40. The van der Waals surface area contributed by atoms with Gasteiger partial charge in [-0.3, -0.25) is 24.2 Å². The zero-order chi connectivity index (χ0) is 19.2. The van der Waals surface area contributed by atoms with Crippen LogP contribution in [0.1, 0.15) is 38.9 Å². The quantitative estimate of drug-likeness (QED) is 0.394. The van der Waals surface area contributed by atoms with Gasteiger partial charge in [-0.25, -0.2) is 0 Å². The Hall–Kier alpha value is -3.23. The zero-order valence-electron chi connectivity index (χ0n) is 15.2. The standard InChI is InChI=1S/C17H19N5O4/c1-9-6-14(12(4)21(9)16-7-10(2)26-19-16)15(23)8-20-13(5)17(22(24)25)11(3)18-20/h6-7H,8H2,1-5H3. The van der Waals surface area contributed by atoms with Crippen LogP contribution in [0.2, 0.25) is 0 Å². The van der Waals surface area contributed by atoms with Crippen molar-refractivity contribution in [1.82, 2.24) is 19.5 Å². The van der Waals surface area contributed by atoms with Crippen LogP contribution in [0, 0.1) is 44.7 Å². The largest absolute Gasteiger partial charge is 0.360 e. The minimum absolute atomic E-state index is 0.0543. The van der Waals surface area contributed by atoms with Crippen molar-refractivity contribution in [3.05, 3.63) is 56.3 Å². The van der Waals surface area contributed by atoms with Crippen LogP contribution >= 0.6 is 0 Å². The number of carbonyl (C=O) groups is 1. The molecule has 136 valence electrons. The number of Topliss-reactive ketones (excluding diaryl/α,β-unsaturated/α-hetero) is 1. The lowest BCUT2D eigenvalue weighted by Gasteiger charge is -2.06. The first kappa shape index (κ1) is 17.6. The van der Waals surface area contributed by atoms with Crippen molar-refractivity contribution in [2.24, 2.45) is 0 Å². The fraction of sp³-hybridized carbons (Fsp3) is 0.353. The molecule has 26 heavy (non-hydrogen) atoms. The molecule has 3 rings (SSSR count). The van der Waals surface area contributed by atoms with Gasteiger partial charge in [-0.05, 0) is 40.7 Å². The van der Waals surface area contributed by atoms with E-state index in [0.717, 1.165) is 11.4 Å². The number of aryl methyl sites for hydroxylation is 3. The summed E-state index contributed by atoms with van der Waals surface area (Å²) in [5.74, 6) is 1.11. The first-order valence-electron chi connectivity index (χ1n) is 8.05. The number of hydrogen-bond donors (Lipinski definition) is 0. The Morgan fingerprint density at radius 1 is 1.19 bits per heavy atom. The summed E-state index contributed by atoms with van der Waals surface area (Å²) in [5.41, 5.74) is 2.71. The minimum atomic E-state index is -0.475. The van der Waals surface area contributed by atoms with Gasteiger partial charge < -0.3 is 4.52 Å². The first-order chi connectivity index (χ1) is 12.2. The summed E-state index contributed by atoms with van der Waals surface area (Å²) in [7, 11) is 0. The molecular formula is C17H19N5O4. The molecule has 0 aliphatic rings. The van der Waals surface area contributed by atoms with Gasteiger partial charge in [0.2, 0.25) is 0 Å². The number of rotatable bonds is 5. The van der Waals surface area contributed by atoms with Crippen LogP contribution in [0.25, 0.3) is 5.82 Å². The number of nitrogens with zero attached hydrogens (tertiary/aromatic N) is 5. The van der Waals surface area contributed by atoms with E-state index < -0.39 is 4.92 Å². The maximum absolute atomic E-state index is 12.8. The summed E-state index contributed by atoms with van der Waals surface area (Å²) < 4.78 is 8.33. The summed E-state index contributed by atoms with van der Waals surface area (Å²) in [6.07, 6.45) is 0. The average molecular weight is 357 g/mol. The molecule has 9 nitrogen and oxygen atoms in total. The normalized spacial score (nSPS) is 11.1. The van der Waals surface area contributed by atoms with E-state index in [0.29, 0.717) is 28.5 Å². The molecule has 0 aromatic carbocycles. The molecule has 3 heterocycles. The lowest BCUT2D eigenvalue weighted by Crippen LogP contribution is -2.14. The lowest BCUT2D eigenvalue weighted by atomic mass is 10.1. The molecule has 0 amide bonds. The number of carbonyl (C=O) groups excluding carboxylic acids is 1. The molecule has 0 saturated carbocycles. The molecule has 0 spiro atoms. The van der Waals surface area contributed by atoms with E-state index in [1.807, 2.05) is 18.4 Å². The molecule has 3 aromatic rings.